The monoisotopic (exact) mass is 380 g/mol. The van der Waals surface area contributed by atoms with Gasteiger partial charge in [-0.3, -0.25) is 0 Å². The second-order valence-electron chi connectivity index (χ2n) is 5.70. The van der Waals surface area contributed by atoms with Gasteiger partial charge in [-0.2, -0.15) is 0 Å². The van der Waals surface area contributed by atoms with Crippen LogP contribution in [0.2, 0.25) is 0 Å². The standard InChI is InChI=1S/C16H16N4O3S.ClH/c21-24(22,15-7-3-6-13-16(15)20-23-19-13)18-10-14-12-5-2-1-4-11(12)8-9-17-14;/h1-7,14,17-18H,8-10H2;1H. The number of rotatable bonds is 4. The van der Waals surface area contributed by atoms with Crippen molar-refractivity contribution in [2.75, 3.05) is 13.1 Å². The van der Waals surface area contributed by atoms with Crippen molar-refractivity contribution in [3.63, 3.8) is 0 Å². The third kappa shape index (κ3) is 3.38. The van der Waals surface area contributed by atoms with Crippen molar-refractivity contribution in [2.45, 2.75) is 17.4 Å². The van der Waals surface area contributed by atoms with E-state index in [9.17, 15) is 8.42 Å². The van der Waals surface area contributed by atoms with Gasteiger partial charge in [0, 0.05) is 12.6 Å². The molecule has 0 bridgehead atoms. The molecule has 4 rings (SSSR count). The van der Waals surface area contributed by atoms with E-state index in [1.165, 1.54) is 11.6 Å². The molecule has 1 unspecified atom stereocenters. The number of nitrogens with one attached hydrogen (secondary N) is 2. The summed E-state index contributed by atoms with van der Waals surface area (Å²) in [6.07, 6.45) is 0.948. The first-order valence-corrected chi connectivity index (χ1v) is 9.15. The van der Waals surface area contributed by atoms with Crippen molar-refractivity contribution < 1.29 is 13.0 Å². The minimum atomic E-state index is -3.71. The summed E-state index contributed by atoms with van der Waals surface area (Å²) in [6, 6.07) is 12.8. The summed E-state index contributed by atoms with van der Waals surface area (Å²) in [5, 5.41) is 10.7. The number of hydrogen-bond acceptors (Lipinski definition) is 6. The van der Waals surface area contributed by atoms with Crippen LogP contribution in [0.25, 0.3) is 11.0 Å². The van der Waals surface area contributed by atoms with Gasteiger partial charge in [-0.05, 0) is 46.5 Å². The Labute approximate surface area is 151 Å². The third-order valence-corrected chi connectivity index (χ3v) is 5.69. The molecular formula is C16H17ClN4O3S. The number of aromatic nitrogens is 2. The molecule has 1 atom stereocenters. The Morgan fingerprint density at radius 2 is 2.00 bits per heavy atom. The summed E-state index contributed by atoms with van der Waals surface area (Å²) >= 11 is 0. The summed E-state index contributed by atoms with van der Waals surface area (Å²) in [6.45, 7) is 1.09. The first-order valence-electron chi connectivity index (χ1n) is 7.67. The minimum absolute atomic E-state index is 0. The van der Waals surface area contributed by atoms with Crippen molar-refractivity contribution in [1.29, 1.82) is 0 Å². The number of hydrogen-bond donors (Lipinski definition) is 2. The molecule has 132 valence electrons. The topological polar surface area (TPSA) is 97.1 Å². The van der Waals surface area contributed by atoms with Gasteiger partial charge in [-0.15, -0.1) is 12.4 Å². The zero-order valence-corrected chi connectivity index (χ0v) is 14.8. The molecule has 0 spiro atoms. The van der Waals surface area contributed by atoms with E-state index in [1.54, 1.807) is 12.1 Å². The van der Waals surface area contributed by atoms with Gasteiger partial charge >= 0.3 is 0 Å². The van der Waals surface area contributed by atoms with Crippen LogP contribution in [0, 0.1) is 0 Å². The minimum Gasteiger partial charge on any atom is -0.308 e. The lowest BCUT2D eigenvalue weighted by Crippen LogP contribution is -2.38. The van der Waals surface area contributed by atoms with Crippen molar-refractivity contribution in [2.24, 2.45) is 0 Å². The molecule has 3 aromatic rings. The molecule has 2 aromatic carbocycles. The van der Waals surface area contributed by atoms with E-state index in [4.69, 9.17) is 0 Å². The van der Waals surface area contributed by atoms with Gasteiger partial charge in [0.2, 0.25) is 10.0 Å². The maximum Gasteiger partial charge on any atom is 0.242 e. The number of sulfonamides is 1. The maximum atomic E-state index is 12.7. The van der Waals surface area contributed by atoms with Crippen LogP contribution in [0.3, 0.4) is 0 Å². The van der Waals surface area contributed by atoms with Crippen molar-refractivity contribution in [3.05, 3.63) is 53.6 Å². The SMILES string of the molecule is Cl.O=S(=O)(NCC1NCCc2ccccc21)c1cccc2nonc12. The van der Waals surface area contributed by atoms with Crippen LogP contribution in [0.1, 0.15) is 17.2 Å². The van der Waals surface area contributed by atoms with Crippen molar-refractivity contribution in [3.8, 4) is 0 Å². The van der Waals surface area contributed by atoms with E-state index < -0.39 is 10.0 Å². The van der Waals surface area contributed by atoms with Crippen LogP contribution in [-0.2, 0) is 16.4 Å². The highest BCUT2D eigenvalue weighted by atomic mass is 35.5. The first kappa shape index (κ1) is 17.8. The molecule has 25 heavy (non-hydrogen) atoms. The van der Waals surface area contributed by atoms with Gasteiger partial charge in [-0.25, -0.2) is 17.8 Å². The third-order valence-electron chi connectivity index (χ3n) is 4.23. The summed E-state index contributed by atoms with van der Waals surface area (Å²) in [7, 11) is -3.71. The maximum absolute atomic E-state index is 12.7. The Bertz CT molecular complexity index is 990. The lowest BCUT2D eigenvalue weighted by atomic mass is 9.95. The van der Waals surface area contributed by atoms with E-state index in [0.29, 0.717) is 5.52 Å². The van der Waals surface area contributed by atoms with E-state index in [1.807, 2.05) is 18.2 Å². The summed E-state index contributed by atoms with van der Waals surface area (Å²) < 4.78 is 32.6. The van der Waals surface area contributed by atoms with Crippen LogP contribution < -0.4 is 10.0 Å². The molecule has 0 saturated carbocycles. The van der Waals surface area contributed by atoms with Gasteiger partial charge in [0.05, 0.1) is 0 Å². The Balaban J connectivity index is 0.00000182. The molecule has 0 radical (unpaired) electrons. The molecule has 2 heterocycles. The number of fused-ring (bicyclic) bond motifs is 2. The molecule has 1 aliphatic heterocycles. The zero-order chi connectivity index (χ0) is 16.6. The zero-order valence-electron chi connectivity index (χ0n) is 13.2. The Morgan fingerprint density at radius 3 is 2.88 bits per heavy atom. The van der Waals surface area contributed by atoms with Gasteiger partial charge in [0.15, 0.2) is 5.52 Å². The average Bonchev–Trinajstić information content (AvgIpc) is 3.08. The molecule has 9 heteroatoms. The van der Waals surface area contributed by atoms with Gasteiger partial charge in [0.1, 0.15) is 10.4 Å². The van der Waals surface area contributed by atoms with Crippen LogP contribution in [0.15, 0.2) is 52.0 Å². The molecule has 0 amide bonds. The predicted octanol–water partition coefficient (Wildman–Crippen LogP) is 1.81. The normalized spacial score (nSPS) is 17.0. The van der Waals surface area contributed by atoms with E-state index >= 15 is 0 Å². The Morgan fingerprint density at radius 1 is 1.16 bits per heavy atom. The van der Waals surface area contributed by atoms with Crippen molar-refractivity contribution in [1.82, 2.24) is 20.4 Å². The fourth-order valence-electron chi connectivity index (χ4n) is 3.04. The van der Waals surface area contributed by atoms with E-state index in [0.717, 1.165) is 18.5 Å². The highest BCUT2D eigenvalue weighted by molar-refractivity contribution is 7.89. The van der Waals surface area contributed by atoms with Crippen LogP contribution in [0.5, 0.6) is 0 Å². The molecule has 1 aliphatic rings. The second-order valence-corrected chi connectivity index (χ2v) is 7.43. The summed E-state index contributed by atoms with van der Waals surface area (Å²) in [5.74, 6) is 0. The number of halogens is 1. The molecular weight excluding hydrogens is 364 g/mol. The highest BCUT2D eigenvalue weighted by Gasteiger charge is 2.24. The molecule has 2 N–H and O–H groups in total. The average molecular weight is 381 g/mol. The molecule has 0 fully saturated rings. The molecule has 0 aliphatic carbocycles. The molecule has 1 aromatic heterocycles. The quantitative estimate of drug-likeness (QED) is 0.716. The van der Waals surface area contributed by atoms with E-state index in [-0.39, 0.29) is 35.4 Å². The first-order chi connectivity index (χ1) is 11.6. The fourth-order valence-corrected chi connectivity index (χ4v) is 4.24. The van der Waals surface area contributed by atoms with Crippen LogP contribution in [-0.4, -0.2) is 31.8 Å². The summed E-state index contributed by atoms with van der Waals surface area (Å²) in [5.41, 5.74) is 3.04. The van der Waals surface area contributed by atoms with Crippen LogP contribution in [0.4, 0.5) is 0 Å². The second kappa shape index (κ2) is 7.09. The summed E-state index contributed by atoms with van der Waals surface area (Å²) in [4.78, 5) is 0.0744. The van der Waals surface area contributed by atoms with Gasteiger partial charge in [-0.1, -0.05) is 30.3 Å². The van der Waals surface area contributed by atoms with E-state index in [2.05, 4.69) is 31.0 Å². The van der Waals surface area contributed by atoms with Gasteiger partial charge in [0.25, 0.3) is 0 Å². The lowest BCUT2D eigenvalue weighted by Gasteiger charge is -2.27. The van der Waals surface area contributed by atoms with Gasteiger partial charge < -0.3 is 5.32 Å². The highest BCUT2D eigenvalue weighted by Crippen LogP contribution is 2.23. The predicted molar refractivity (Wildman–Crippen MR) is 95.1 cm³/mol. The Kier molecular flexibility index (Phi) is 5.05. The largest absolute Gasteiger partial charge is 0.308 e. The van der Waals surface area contributed by atoms with Crippen LogP contribution >= 0.6 is 12.4 Å². The smallest absolute Gasteiger partial charge is 0.242 e. The van der Waals surface area contributed by atoms with Crippen molar-refractivity contribution >= 4 is 33.5 Å². The molecule has 7 nitrogen and oxygen atoms in total. The number of benzene rings is 2. The molecule has 0 saturated heterocycles. The Hall–Kier alpha value is -2.00. The number of nitrogens with zero attached hydrogens (tertiary/aromatic N) is 2. The fraction of sp³-hybridized carbons (Fsp3) is 0.250. The lowest BCUT2D eigenvalue weighted by molar-refractivity contribution is 0.315.